The maximum absolute atomic E-state index is 6.10. The summed E-state index contributed by atoms with van der Waals surface area (Å²) < 4.78 is 8.21. The van der Waals surface area contributed by atoms with Crippen molar-refractivity contribution in [3.63, 3.8) is 0 Å². The third-order valence-corrected chi connectivity index (χ3v) is 4.11. The Morgan fingerprint density at radius 1 is 1.41 bits per heavy atom. The fourth-order valence-corrected chi connectivity index (χ4v) is 3.11. The van der Waals surface area contributed by atoms with Crippen LogP contribution in [0.2, 0.25) is 0 Å². The number of pyridine rings is 1. The number of fused-ring (bicyclic) bond motifs is 2. The van der Waals surface area contributed by atoms with Gasteiger partial charge >= 0.3 is 0 Å². The molecule has 2 aliphatic rings. The molecule has 1 unspecified atom stereocenters. The highest BCUT2D eigenvalue weighted by Gasteiger charge is 2.36. The quantitative estimate of drug-likeness (QED) is 0.534. The number of rotatable bonds is 1. The van der Waals surface area contributed by atoms with Gasteiger partial charge in [-0.15, -0.1) is 0 Å². The van der Waals surface area contributed by atoms with Crippen molar-refractivity contribution >= 4 is 0 Å². The van der Waals surface area contributed by atoms with E-state index >= 15 is 0 Å². The van der Waals surface area contributed by atoms with Gasteiger partial charge in [-0.2, -0.15) is 0 Å². The summed E-state index contributed by atoms with van der Waals surface area (Å²) >= 11 is 0. The minimum absolute atomic E-state index is 0.259. The van der Waals surface area contributed by atoms with Gasteiger partial charge in [0.25, 0.3) is 0 Å². The average Bonchev–Trinajstić information content (AvgIpc) is 2.34. The van der Waals surface area contributed by atoms with Gasteiger partial charge in [0.05, 0.1) is 12.7 Å². The Kier molecular flexibility index (Phi) is 2.75. The van der Waals surface area contributed by atoms with E-state index < -0.39 is 0 Å². The molecule has 3 rings (SSSR count). The van der Waals surface area contributed by atoms with Gasteiger partial charge in [-0.25, -0.2) is 4.57 Å². The molecule has 0 spiro atoms. The Morgan fingerprint density at radius 2 is 2.29 bits per heavy atom. The Labute approximate surface area is 103 Å². The van der Waals surface area contributed by atoms with Gasteiger partial charge in [0.15, 0.2) is 12.4 Å². The first-order chi connectivity index (χ1) is 8.24. The Hall–Kier alpha value is -1.15. The van der Waals surface area contributed by atoms with Crippen molar-refractivity contribution in [1.82, 2.24) is 0 Å². The number of aromatic nitrogens is 1. The predicted molar refractivity (Wildman–Crippen MR) is 66.3 cm³/mol. The van der Waals surface area contributed by atoms with Gasteiger partial charge in [-0.05, 0) is 31.7 Å². The molecule has 17 heavy (non-hydrogen) atoms. The lowest BCUT2D eigenvalue weighted by molar-refractivity contribution is -0.672. The molecule has 1 aromatic heterocycles. The lowest BCUT2D eigenvalue weighted by atomic mass is 9.75. The molecule has 0 radical (unpaired) electrons. The zero-order valence-electron chi connectivity index (χ0n) is 10.6. The lowest BCUT2D eigenvalue weighted by Gasteiger charge is -2.39. The summed E-state index contributed by atoms with van der Waals surface area (Å²) in [7, 11) is 2.07. The molecule has 1 aliphatic carbocycles. The maximum Gasteiger partial charge on any atom is 0.174 e. The molecule has 2 heteroatoms. The number of allylic oxidation sites excluding steroid dienone is 1. The third-order valence-electron chi connectivity index (χ3n) is 4.11. The second-order valence-electron chi connectivity index (χ2n) is 5.45. The normalized spacial score (nSPS) is 32.1. The van der Waals surface area contributed by atoms with Crippen molar-refractivity contribution < 1.29 is 9.30 Å². The molecule has 2 nitrogen and oxygen atoms in total. The van der Waals surface area contributed by atoms with Crippen molar-refractivity contribution in [2.75, 3.05) is 6.61 Å². The van der Waals surface area contributed by atoms with E-state index in [0.717, 1.165) is 12.5 Å². The second-order valence-corrected chi connectivity index (χ2v) is 5.45. The van der Waals surface area contributed by atoms with Gasteiger partial charge in [0.2, 0.25) is 0 Å². The number of nitrogens with zero attached hydrogens (tertiary/aromatic N) is 1. The van der Waals surface area contributed by atoms with Gasteiger partial charge in [-0.3, -0.25) is 0 Å². The van der Waals surface area contributed by atoms with E-state index in [4.69, 9.17) is 4.74 Å². The van der Waals surface area contributed by atoms with Crippen molar-refractivity contribution in [3.05, 3.63) is 41.7 Å². The van der Waals surface area contributed by atoms with Gasteiger partial charge in [0, 0.05) is 17.5 Å². The van der Waals surface area contributed by atoms with Crippen molar-refractivity contribution in [1.29, 1.82) is 0 Å². The fraction of sp³-hybridized carbons (Fsp3) is 0.533. The smallest absolute Gasteiger partial charge is 0.174 e. The summed E-state index contributed by atoms with van der Waals surface area (Å²) in [6.45, 7) is 3.18. The Bertz CT molecular complexity index is 452. The summed E-state index contributed by atoms with van der Waals surface area (Å²) in [6, 6.07) is 4.29. The largest absolute Gasteiger partial charge is 0.372 e. The molecule has 0 N–H and O–H groups in total. The van der Waals surface area contributed by atoms with Crippen LogP contribution in [0.1, 0.15) is 31.4 Å². The molecule has 0 saturated carbocycles. The minimum Gasteiger partial charge on any atom is -0.372 e. The molecule has 1 fully saturated rings. The second kappa shape index (κ2) is 4.26. The van der Waals surface area contributed by atoms with E-state index in [9.17, 15) is 0 Å². The molecule has 1 aliphatic heterocycles. The molecule has 1 aromatic rings. The summed E-state index contributed by atoms with van der Waals surface area (Å²) in [5, 5.41) is 0. The highest BCUT2D eigenvalue weighted by atomic mass is 16.5. The standard InChI is InChI=1S/C15H20NO/c1-11-5-6-12-8-14(11)15(17-10-12)13-4-3-7-16(2)9-13/h3-5,7,9,12,14-15H,6,8,10H2,1-2H3/q+1/t12-,14-,15?/m1/s1. The van der Waals surface area contributed by atoms with Crippen LogP contribution in [-0.2, 0) is 11.8 Å². The Balaban J connectivity index is 1.93. The number of hydrogen-bond donors (Lipinski definition) is 0. The lowest BCUT2D eigenvalue weighted by Crippen LogP contribution is -2.34. The maximum atomic E-state index is 6.10. The molecule has 1 saturated heterocycles. The van der Waals surface area contributed by atoms with E-state index in [1.54, 1.807) is 0 Å². The zero-order valence-corrected chi connectivity index (χ0v) is 10.6. The molecule has 0 aromatic carbocycles. The number of hydrogen-bond acceptors (Lipinski definition) is 1. The van der Waals surface area contributed by atoms with E-state index in [2.05, 4.69) is 49.1 Å². The summed E-state index contributed by atoms with van der Waals surface area (Å²) in [4.78, 5) is 0. The zero-order chi connectivity index (χ0) is 11.8. The average molecular weight is 230 g/mol. The number of ether oxygens (including phenoxy) is 1. The van der Waals surface area contributed by atoms with Crippen LogP contribution in [0.25, 0.3) is 0 Å². The van der Waals surface area contributed by atoms with Crippen molar-refractivity contribution in [3.8, 4) is 0 Å². The van der Waals surface area contributed by atoms with Crippen molar-refractivity contribution in [2.45, 2.75) is 25.9 Å². The first-order valence-corrected chi connectivity index (χ1v) is 6.47. The molecule has 90 valence electrons. The fourth-order valence-electron chi connectivity index (χ4n) is 3.11. The van der Waals surface area contributed by atoms with E-state index in [1.165, 1.54) is 24.0 Å². The monoisotopic (exact) mass is 230 g/mol. The topological polar surface area (TPSA) is 13.1 Å². The van der Waals surface area contributed by atoms with Crippen molar-refractivity contribution in [2.24, 2.45) is 18.9 Å². The molecule has 2 heterocycles. The van der Waals surface area contributed by atoms with Gasteiger partial charge in [-0.1, -0.05) is 11.6 Å². The molecule has 2 bridgehead atoms. The highest BCUT2D eigenvalue weighted by Crippen LogP contribution is 2.43. The van der Waals surface area contributed by atoms with Gasteiger partial charge < -0.3 is 4.74 Å². The van der Waals surface area contributed by atoms with E-state index in [1.807, 2.05) is 0 Å². The predicted octanol–water partition coefficient (Wildman–Crippen LogP) is 2.55. The Morgan fingerprint density at radius 3 is 3.12 bits per heavy atom. The first kappa shape index (κ1) is 11.0. The summed E-state index contributed by atoms with van der Waals surface area (Å²) in [6.07, 6.45) is 9.43. The molecular weight excluding hydrogens is 210 g/mol. The van der Waals surface area contributed by atoms with Gasteiger partial charge in [0.1, 0.15) is 7.05 Å². The number of aryl methyl sites for hydroxylation is 1. The summed E-state index contributed by atoms with van der Waals surface area (Å²) in [5.41, 5.74) is 2.82. The van der Waals surface area contributed by atoms with E-state index in [0.29, 0.717) is 5.92 Å². The van der Waals surface area contributed by atoms with Crippen LogP contribution >= 0.6 is 0 Å². The first-order valence-electron chi connectivity index (χ1n) is 6.47. The van der Waals surface area contributed by atoms with Crippen LogP contribution in [0.3, 0.4) is 0 Å². The third kappa shape index (κ3) is 2.02. The SMILES string of the molecule is CC1=CC[C@H]2COC(c3ccc[n+](C)c3)[C@@H]1C2. The molecule has 0 amide bonds. The minimum atomic E-state index is 0.259. The molecule has 3 atom stereocenters. The van der Waals surface area contributed by atoms with Crippen LogP contribution in [0.5, 0.6) is 0 Å². The molecular formula is C15H20NO+. The van der Waals surface area contributed by atoms with Crippen LogP contribution in [0.4, 0.5) is 0 Å². The van der Waals surface area contributed by atoms with E-state index in [-0.39, 0.29) is 6.10 Å². The summed E-state index contributed by atoms with van der Waals surface area (Å²) in [5.74, 6) is 1.34. The van der Waals surface area contributed by atoms with Crippen LogP contribution in [-0.4, -0.2) is 6.61 Å². The van der Waals surface area contributed by atoms with Crippen LogP contribution < -0.4 is 4.57 Å². The highest BCUT2D eigenvalue weighted by molar-refractivity contribution is 5.20. The van der Waals surface area contributed by atoms with Crippen LogP contribution in [0.15, 0.2) is 36.2 Å². The van der Waals surface area contributed by atoms with Crippen LogP contribution in [0, 0.1) is 11.8 Å².